The van der Waals surface area contributed by atoms with Gasteiger partial charge in [0.05, 0.1) is 36.0 Å². The Bertz CT molecular complexity index is 1820. The smallest absolute Gasteiger partial charge is 0.250 e. The van der Waals surface area contributed by atoms with Crippen LogP contribution in [0.1, 0.15) is 42.5 Å². The Morgan fingerprint density at radius 1 is 1.26 bits per heavy atom. The molecule has 6 rings (SSSR count). The van der Waals surface area contributed by atoms with Crippen LogP contribution in [0.2, 0.25) is 0 Å². The number of hydrogen-bond donors (Lipinski definition) is 2. The average molecular weight is 646 g/mol. The second-order valence-corrected chi connectivity index (χ2v) is 14.7. The van der Waals surface area contributed by atoms with Crippen LogP contribution in [0.15, 0.2) is 60.2 Å². The lowest BCUT2D eigenvalue weighted by molar-refractivity contribution is -0.171. The van der Waals surface area contributed by atoms with Crippen molar-refractivity contribution >= 4 is 49.6 Å². The number of methoxy groups -OCH3 is 1. The molecule has 11 nitrogen and oxygen atoms in total. The van der Waals surface area contributed by atoms with Gasteiger partial charge in [0.1, 0.15) is 22.1 Å². The number of aromatic nitrogens is 5. The standard InChI is InChI=1S/C29H32ClN5O6S2/c1-28(9-6-22(23(30)12-28)25-14-32-27(42-25)29(7-4-8-29)41-18-40-2)43(38,39)35-24(11-19-5-3-10-31-26(19)35)20-13-33-34(15-20)16-21(37)17-36/h3,5-6,10-15,21,36-37H,4,7-9,16-18H2,1-2H3. The zero-order chi connectivity index (χ0) is 30.4. The van der Waals surface area contributed by atoms with Crippen molar-refractivity contribution in [3.63, 3.8) is 0 Å². The molecule has 4 aromatic heterocycles. The Hall–Kier alpha value is -2.91. The average Bonchev–Trinajstić information content (AvgIpc) is 3.71. The van der Waals surface area contributed by atoms with Crippen LogP contribution in [0.5, 0.6) is 0 Å². The molecule has 2 aliphatic rings. The van der Waals surface area contributed by atoms with E-state index in [9.17, 15) is 18.6 Å². The fourth-order valence-corrected chi connectivity index (χ4v) is 8.92. The molecule has 2 unspecified atom stereocenters. The van der Waals surface area contributed by atoms with Gasteiger partial charge in [0.15, 0.2) is 5.65 Å². The minimum absolute atomic E-state index is 0.0598. The van der Waals surface area contributed by atoms with Gasteiger partial charge in [0, 0.05) is 47.3 Å². The lowest BCUT2D eigenvalue weighted by Crippen LogP contribution is -2.39. The fraction of sp³-hybridized carbons (Fsp3) is 0.414. The van der Waals surface area contributed by atoms with E-state index in [-0.39, 0.29) is 25.4 Å². The van der Waals surface area contributed by atoms with Gasteiger partial charge >= 0.3 is 0 Å². The maximum atomic E-state index is 14.5. The Balaban J connectivity index is 1.34. The first-order valence-electron chi connectivity index (χ1n) is 13.8. The summed E-state index contributed by atoms with van der Waals surface area (Å²) in [7, 11) is -2.54. The van der Waals surface area contributed by atoms with E-state index in [4.69, 9.17) is 21.1 Å². The van der Waals surface area contributed by atoms with E-state index in [0.717, 1.165) is 34.7 Å². The predicted molar refractivity (Wildman–Crippen MR) is 164 cm³/mol. The number of ether oxygens (including phenoxy) is 2. The van der Waals surface area contributed by atoms with Crippen molar-refractivity contribution < 1.29 is 28.1 Å². The number of hydrogen-bond acceptors (Lipinski definition) is 10. The number of nitrogens with zero attached hydrogens (tertiary/aromatic N) is 5. The minimum atomic E-state index is -4.13. The highest BCUT2D eigenvalue weighted by Crippen LogP contribution is 2.48. The molecule has 0 bridgehead atoms. The van der Waals surface area contributed by atoms with Crippen molar-refractivity contribution in [2.24, 2.45) is 0 Å². The van der Waals surface area contributed by atoms with Gasteiger partial charge in [-0.2, -0.15) is 5.10 Å². The summed E-state index contributed by atoms with van der Waals surface area (Å²) in [4.78, 5) is 9.91. The number of aliphatic hydroxyl groups excluding tert-OH is 2. The van der Waals surface area contributed by atoms with E-state index in [2.05, 4.69) is 15.1 Å². The Kier molecular flexibility index (Phi) is 8.09. The third kappa shape index (κ3) is 5.26. The first kappa shape index (κ1) is 30.1. The van der Waals surface area contributed by atoms with Crippen LogP contribution < -0.4 is 0 Å². The molecule has 1 fully saturated rings. The number of aliphatic hydroxyl groups is 2. The second kappa shape index (κ2) is 11.5. The zero-order valence-corrected chi connectivity index (χ0v) is 26.1. The number of pyridine rings is 1. The van der Waals surface area contributed by atoms with Gasteiger partial charge in [-0.3, -0.25) is 4.68 Å². The fourth-order valence-electron chi connectivity index (χ4n) is 5.44. The van der Waals surface area contributed by atoms with Gasteiger partial charge < -0.3 is 19.7 Å². The molecule has 0 amide bonds. The number of halogens is 1. The summed E-state index contributed by atoms with van der Waals surface area (Å²) in [5.41, 5.74) is 1.47. The zero-order valence-electron chi connectivity index (χ0n) is 23.7. The van der Waals surface area contributed by atoms with Crippen molar-refractivity contribution in [2.75, 3.05) is 20.5 Å². The van der Waals surface area contributed by atoms with E-state index in [1.165, 1.54) is 26.2 Å². The van der Waals surface area contributed by atoms with Gasteiger partial charge in [0.25, 0.3) is 0 Å². The van der Waals surface area contributed by atoms with Crippen LogP contribution >= 0.6 is 22.9 Å². The van der Waals surface area contributed by atoms with Gasteiger partial charge in [-0.25, -0.2) is 22.4 Å². The summed E-state index contributed by atoms with van der Waals surface area (Å²) in [5, 5.41) is 25.2. The largest absolute Gasteiger partial charge is 0.394 e. The Morgan fingerprint density at radius 3 is 2.77 bits per heavy atom. The van der Waals surface area contributed by atoms with Crippen LogP contribution in [0.3, 0.4) is 0 Å². The van der Waals surface area contributed by atoms with Gasteiger partial charge in [0.2, 0.25) is 10.0 Å². The number of fused-ring (bicyclic) bond motifs is 1. The molecule has 2 N–H and O–H groups in total. The van der Waals surface area contributed by atoms with Crippen LogP contribution in [-0.2, 0) is 31.6 Å². The maximum Gasteiger partial charge on any atom is 0.250 e. The molecule has 2 atom stereocenters. The van der Waals surface area contributed by atoms with Crippen molar-refractivity contribution in [1.29, 1.82) is 0 Å². The van der Waals surface area contributed by atoms with Crippen LogP contribution in [0, 0.1) is 0 Å². The molecule has 228 valence electrons. The highest BCUT2D eigenvalue weighted by atomic mass is 35.5. The minimum Gasteiger partial charge on any atom is -0.394 e. The summed E-state index contributed by atoms with van der Waals surface area (Å²) < 4.78 is 41.5. The highest BCUT2D eigenvalue weighted by molar-refractivity contribution is 7.91. The monoisotopic (exact) mass is 645 g/mol. The summed E-state index contributed by atoms with van der Waals surface area (Å²) in [6, 6.07) is 5.30. The van der Waals surface area contributed by atoms with E-state index in [0.29, 0.717) is 21.7 Å². The molecule has 4 heterocycles. The van der Waals surface area contributed by atoms with E-state index < -0.39 is 33.1 Å². The number of rotatable bonds is 11. The van der Waals surface area contributed by atoms with Crippen molar-refractivity contribution in [1.82, 2.24) is 23.7 Å². The number of allylic oxidation sites excluding steroid dienone is 3. The predicted octanol–water partition coefficient (Wildman–Crippen LogP) is 4.26. The van der Waals surface area contributed by atoms with Crippen molar-refractivity contribution in [3.05, 3.63) is 70.1 Å². The summed E-state index contributed by atoms with van der Waals surface area (Å²) in [5.74, 6) is 0. The van der Waals surface area contributed by atoms with Crippen LogP contribution in [-0.4, -0.2) is 73.7 Å². The Morgan fingerprint density at radius 2 is 2.07 bits per heavy atom. The molecule has 2 aliphatic carbocycles. The Labute approximate surface area is 258 Å². The van der Waals surface area contributed by atoms with Crippen LogP contribution in [0.25, 0.3) is 27.9 Å². The highest BCUT2D eigenvalue weighted by Gasteiger charge is 2.45. The topological polar surface area (TPSA) is 142 Å². The summed E-state index contributed by atoms with van der Waals surface area (Å²) in [6.07, 6.45) is 11.9. The SMILES string of the molecule is COCOC1(c2ncc(C3=CCC(C)(S(=O)(=O)n4c(-c5cnn(CC(O)CO)c5)cc5cccnc54)C=C3Cl)s2)CCC1. The van der Waals surface area contributed by atoms with Gasteiger partial charge in [-0.15, -0.1) is 11.3 Å². The molecule has 0 aliphatic heterocycles. The van der Waals surface area contributed by atoms with E-state index in [1.807, 2.05) is 6.08 Å². The molecule has 1 saturated carbocycles. The van der Waals surface area contributed by atoms with Crippen molar-refractivity contribution in [3.8, 4) is 11.3 Å². The normalized spacial score (nSPS) is 21.0. The lowest BCUT2D eigenvalue weighted by atomic mass is 9.80. The lowest BCUT2D eigenvalue weighted by Gasteiger charge is -2.39. The molecule has 0 aromatic carbocycles. The summed E-state index contributed by atoms with van der Waals surface area (Å²) >= 11 is 8.34. The molecule has 4 aromatic rings. The summed E-state index contributed by atoms with van der Waals surface area (Å²) in [6.45, 7) is 1.48. The quantitative estimate of drug-likeness (QED) is 0.229. The molecule has 0 saturated heterocycles. The van der Waals surface area contributed by atoms with E-state index >= 15 is 0 Å². The molecule has 0 radical (unpaired) electrons. The number of thiazole rings is 1. The third-order valence-corrected chi connectivity index (χ3v) is 11.9. The molecule has 0 spiro atoms. The van der Waals surface area contributed by atoms with E-state index in [1.54, 1.807) is 56.9 Å². The third-order valence-electron chi connectivity index (χ3n) is 8.06. The van der Waals surface area contributed by atoms with Crippen LogP contribution in [0.4, 0.5) is 0 Å². The van der Waals surface area contributed by atoms with Crippen molar-refractivity contribution in [2.45, 2.75) is 55.6 Å². The first-order chi connectivity index (χ1) is 20.6. The molecular weight excluding hydrogens is 614 g/mol. The molecule has 14 heteroatoms. The molecular formula is C29H32ClN5O6S2. The molecule has 43 heavy (non-hydrogen) atoms. The van der Waals surface area contributed by atoms with Gasteiger partial charge in [-0.1, -0.05) is 17.7 Å². The maximum absolute atomic E-state index is 14.5. The first-order valence-corrected chi connectivity index (χ1v) is 16.5. The van der Waals surface area contributed by atoms with Gasteiger partial charge in [-0.05, 0) is 56.9 Å². The second-order valence-electron chi connectivity index (χ2n) is 11.1.